The number of nitrogens with zero attached hydrogens (tertiary/aromatic N) is 3. The number of anilines is 2. The lowest BCUT2D eigenvalue weighted by Crippen LogP contribution is -2.31. The Bertz CT molecular complexity index is 1020. The van der Waals surface area contributed by atoms with Gasteiger partial charge in [0.05, 0.1) is 17.9 Å². The molecule has 0 saturated carbocycles. The lowest BCUT2D eigenvalue weighted by molar-refractivity contribution is 0.0688. The normalized spacial score (nSPS) is 14.9. The summed E-state index contributed by atoms with van der Waals surface area (Å²) in [4.78, 5) is 19.4. The third-order valence-corrected chi connectivity index (χ3v) is 6.15. The molecule has 0 spiro atoms. The molecule has 1 N–H and O–H groups in total. The first-order valence-electron chi connectivity index (χ1n) is 9.12. The third kappa shape index (κ3) is 5.53. The molecule has 0 bridgehead atoms. The standard InChI is InChI=1S/C19H22N4O4S2/c1-13-17(18(24)22-29(2,25)26)21-19(28-13)23(12-15-7-9-27-10-8-15)16-5-3-14(11-20)4-6-16/h3-6,15H,7-10,12H2,1-2H3,(H,22,24). The summed E-state index contributed by atoms with van der Waals surface area (Å²) in [6.07, 6.45) is 2.79. The molecule has 154 valence electrons. The van der Waals surface area contributed by atoms with Crippen molar-refractivity contribution in [2.45, 2.75) is 19.8 Å². The highest BCUT2D eigenvalue weighted by Crippen LogP contribution is 2.33. The highest BCUT2D eigenvalue weighted by atomic mass is 32.2. The number of rotatable bonds is 6. The first-order valence-corrected chi connectivity index (χ1v) is 11.8. The lowest BCUT2D eigenvalue weighted by Gasteiger charge is -2.29. The van der Waals surface area contributed by atoms with Gasteiger partial charge in [0.25, 0.3) is 5.91 Å². The summed E-state index contributed by atoms with van der Waals surface area (Å²) < 4.78 is 30.2. The number of aromatic nitrogens is 1. The molecule has 1 aliphatic rings. The van der Waals surface area contributed by atoms with E-state index in [1.54, 1.807) is 19.1 Å². The van der Waals surface area contributed by atoms with Crippen LogP contribution in [0.5, 0.6) is 0 Å². The third-order valence-electron chi connectivity index (χ3n) is 4.60. The van der Waals surface area contributed by atoms with Crippen molar-refractivity contribution >= 4 is 38.1 Å². The predicted molar refractivity (Wildman–Crippen MR) is 111 cm³/mol. The zero-order valence-electron chi connectivity index (χ0n) is 16.2. The Kier molecular flexibility index (Phi) is 6.52. The minimum Gasteiger partial charge on any atom is -0.381 e. The van der Waals surface area contributed by atoms with E-state index in [1.165, 1.54) is 11.3 Å². The number of aryl methyl sites for hydroxylation is 1. The summed E-state index contributed by atoms with van der Waals surface area (Å²) in [5.41, 5.74) is 1.52. The van der Waals surface area contributed by atoms with Gasteiger partial charge in [0.2, 0.25) is 10.0 Å². The van der Waals surface area contributed by atoms with E-state index < -0.39 is 15.9 Å². The number of carbonyl (C=O) groups excluding carboxylic acids is 1. The molecule has 1 aliphatic heterocycles. The number of nitrogens with one attached hydrogen (secondary N) is 1. The van der Waals surface area contributed by atoms with Gasteiger partial charge < -0.3 is 9.64 Å². The summed E-state index contributed by atoms with van der Waals surface area (Å²) in [6.45, 7) is 3.86. The summed E-state index contributed by atoms with van der Waals surface area (Å²) >= 11 is 1.33. The molecule has 10 heteroatoms. The number of hydrogen-bond acceptors (Lipinski definition) is 8. The van der Waals surface area contributed by atoms with Gasteiger partial charge in [-0.2, -0.15) is 5.26 Å². The number of nitriles is 1. The van der Waals surface area contributed by atoms with Crippen LogP contribution in [0.1, 0.15) is 33.8 Å². The van der Waals surface area contributed by atoms with Gasteiger partial charge in [-0.3, -0.25) is 4.79 Å². The van der Waals surface area contributed by atoms with E-state index in [0.717, 1.165) is 24.8 Å². The molecule has 1 aromatic heterocycles. The molecule has 0 atom stereocenters. The summed E-state index contributed by atoms with van der Waals surface area (Å²) in [7, 11) is -3.67. The Balaban J connectivity index is 1.93. The van der Waals surface area contributed by atoms with Crippen LogP contribution in [0.25, 0.3) is 0 Å². The summed E-state index contributed by atoms with van der Waals surface area (Å²) in [5.74, 6) is -0.338. The molecular weight excluding hydrogens is 412 g/mol. The molecule has 1 aromatic carbocycles. The monoisotopic (exact) mass is 434 g/mol. The second-order valence-corrected chi connectivity index (χ2v) is 9.86. The number of sulfonamides is 1. The highest BCUT2D eigenvalue weighted by Gasteiger charge is 2.25. The molecule has 1 amide bonds. The first-order chi connectivity index (χ1) is 13.8. The van der Waals surface area contributed by atoms with Gasteiger partial charge >= 0.3 is 0 Å². The zero-order valence-corrected chi connectivity index (χ0v) is 17.8. The van der Waals surface area contributed by atoms with Crippen molar-refractivity contribution in [3.63, 3.8) is 0 Å². The van der Waals surface area contributed by atoms with Crippen LogP contribution in [0.4, 0.5) is 10.8 Å². The average Bonchev–Trinajstić information content (AvgIpc) is 3.07. The van der Waals surface area contributed by atoms with Gasteiger partial charge in [-0.25, -0.2) is 18.1 Å². The van der Waals surface area contributed by atoms with E-state index in [0.29, 0.717) is 41.2 Å². The molecular formula is C19H22N4O4S2. The summed E-state index contributed by atoms with van der Waals surface area (Å²) in [6, 6.07) is 9.29. The van der Waals surface area contributed by atoms with Gasteiger partial charge in [0.15, 0.2) is 5.13 Å². The van der Waals surface area contributed by atoms with Gasteiger partial charge in [-0.15, -0.1) is 11.3 Å². The van der Waals surface area contributed by atoms with E-state index in [-0.39, 0.29) is 5.69 Å². The topological polar surface area (TPSA) is 112 Å². The van der Waals surface area contributed by atoms with Crippen molar-refractivity contribution in [3.8, 4) is 6.07 Å². The number of benzene rings is 1. The van der Waals surface area contributed by atoms with Crippen molar-refractivity contribution < 1.29 is 17.9 Å². The Morgan fingerprint density at radius 2 is 2.00 bits per heavy atom. The molecule has 2 heterocycles. The molecule has 1 saturated heterocycles. The Labute approximate surface area is 174 Å². The van der Waals surface area contributed by atoms with Gasteiger partial charge in [-0.05, 0) is 49.9 Å². The van der Waals surface area contributed by atoms with Gasteiger partial charge in [0, 0.05) is 30.3 Å². The number of ether oxygens (including phenoxy) is 1. The highest BCUT2D eigenvalue weighted by molar-refractivity contribution is 7.89. The minimum absolute atomic E-state index is 0.0982. The summed E-state index contributed by atoms with van der Waals surface area (Å²) in [5, 5.41) is 9.67. The smallest absolute Gasteiger partial charge is 0.284 e. The van der Waals surface area contributed by atoms with E-state index in [9.17, 15) is 13.2 Å². The molecule has 8 nitrogen and oxygen atoms in total. The molecule has 29 heavy (non-hydrogen) atoms. The van der Waals surface area contributed by atoms with Crippen molar-refractivity contribution in [3.05, 3.63) is 40.4 Å². The maximum atomic E-state index is 12.3. The fourth-order valence-corrected chi connectivity index (χ4v) is 4.49. The minimum atomic E-state index is -3.67. The maximum Gasteiger partial charge on any atom is 0.284 e. The van der Waals surface area contributed by atoms with Crippen LogP contribution < -0.4 is 9.62 Å². The second-order valence-electron chi connectivity index (χ2n) is 6.93. The molecule has 0 unspecified atom stereocenters. The number of carbonyl (C=O) groups is 1. The van der Waals surface area contributed by atoms with Crippen molar-refractivity contribution in [2.75, 3.05) is 30.9 Å². The van der Waals surface area contributed by atoms with E-state index in [1.807, 2.05) is 21.8 Å². The van der Waals surface area contributed by atoms with Crippen LogP contribution >= 0.6 is 11.3 Å². The lowest BCUT2D eigenvalue weighted by atomic mass is 9.99. The van der Waals surface area contributed by atoms with Gasteiger partial charge in [0.1, 0.15) is 5.69 Å². The maximum absolute atomic E-state index is 12.3. The molecule has 2 aromatic rings. The van der Waals surface area contributed by atoms with E-state index >= 15 is 0 Å². The van der Waals surface area contributed by atoms with Crippen LogP contribution in [0.2, 0.25) is 0 Å². The van der Waals surface area contributed by atoms with Gasteiger partial charge in [-0.1, -0.05) is 0 Å². The first kappa shape index (κ1) is 21.2. The largest absolute Gasteiger partial charge is 0.381 e. The molecule has 3 rings (SSSR count). The molecule has 0 aliphatic carbocycles. The van der Waals surface area contributed by atoms with Crippen LogP contribution in [0.15, 0.2) is 24.3 Å². The SMILES string of the molecule is Cc1sc(N(CC2CCOCC2)c2ccc(C#N)cc2)nc1C(=O)NS(C)(=O)=O. The Hall–Kier alpha value is -2.48. The van der Waals surface area contributed by atoms with Crippen molar-refractivity contribution in [1.82, 2.24) is 9.71 Å². The number of hydrogen-bond donors (Lipinski definition) is 1. The van der Waals surface area contributed by atoms with Crippen LogP contribution in [-0.2, 0) is 14.8 Å². The number of amides is 1. The van der Waals surface area contributed by atoms with E-state index in [2.05, 4.69) is 11.1 Å². The Morgan fingerprint density at radius 1 is 1.34 bits per heavy atom. The van der Waals surface area contributed by atoms with Crippen molar-refractivity contribution in [2.24, 2.45) is 5.92 Å². The van der Waals surface area contributed by atoms with Crippen molar-refractivity contribution in [1.29, 1.82) is 5.26 Å². The van der Waals surface area contributed by atoms with Crippen LogP contribution in [0, 0.1) is 24.2 Å². The zero-order chi connectivity index (χ0) is 21.0. The van der Waals surface area contributed by atoms with Crippen LogP contribution in [-0.4, -0.2) is 45.3 Å². The Morgan fingerprint density at radius 3 is 2.59 bits per heavy atom. The van der Waals surface area contributed by atoms with E-state index in [4.69, 9.17) is 10.00 Å². The fraction of sp³-hybridized carbons (Fsp3) is 0.421. The molecule has 0 radical (unpaired) electrons. The number of thiazole rings is 1. The van der Waals surface area contributed by atoms with Crippen LogP contribution in [0.3, 0.4) is 0 Å². The molecule has 1 fully saturated rings. The average molecular weight is 435 g/mol. The fourth-order valence-electron chi connectivity index (χ4n) is 3.12. The second kappa shape index (κ2) is 8.90. The quantitative estimate of drug-likeness (QED) is 0.743. The predicted octanol–water partition coefficient (Wildman–Crippen LogP) is 2.58.